The zero-order valence-electron chi connectivity index (χ0n) is 22.7. The predicted molar refractivity (Wildman–Crippen MR) is 148 cm³/mol. The molecule has 0 aliphatic carbocycles. The molecule has 2 amide bonds. The number of carbonyl (C=O) groups is 2. The fraction of sp³-hybridized carbons (Fsp3) is 0.310. The fourth-order valence-electron chi connectivity index (χ4n) is 4.45. The lowest BCUT2D eigenvalue weighted by atomic mass is 10.1. The lowest BCUT2D eigenvalue weighted by Crippen LogP contribution is -2.52. The summed E-state index contributed by atoms with van der Waals surface area (Å²) in [5.41, 5.74) is 0.591. The number of hydrogen-bond donors (Lipinski definition) is 1. The van der Waals surface area contributed by atoms with Gasteiger partial charge in [0.1, 0.15) is 37.4 Å². The van der Waals surface area contributed by atoms with Crippen molar-refractivity contribution in [2.24, 2.45) is 0 Å². The number of rotatable bonds is 11. The van der Waals surface area contributed by atoms with Crippen LogP contribution in [-0.2, 0) is 26.2 Å². The number of amides is 2. The van der Waals surface area contributed by atoms with Crippen LogP contribution in [-0.4, -0.2) is 57.5 Å². The van der Waals surface area contributed by atoms with Gasteiger partial charge < -0.3 is 19.7 Å². The number of hydrogen-bond acceptors (Lipinski definition) is 6. The first-order valence-electron chi connectivity index (χ1n) is 13.1. The molecule has 0 saturated carbocycles. The van der Waals surface area contributed by atoms with E-state index in [1.165, 1.54) is 59.5 Å². The number of carbonyl (C=O) groups excluding carboxylic acids is 2. The van der Waals surface area contributed by atoms with Crippen molar-refractivity contribution >= 4 is 27.5 Å². The number of likely N-dealkylation sites (N-methyl/N-ethyl adjacent to an activating group) is 1. The van der Waals surface area contributed by atoms with Crippen LogP contribution in [0, 0.1) is 11.6 Å². The first-order chi connectivity index (χ1) is 19.6. The van der Waals surface area contributed by atoms with Crippen molar-refractivity contribution in [1.82, 2.24) is 10.2 Å². The van der Waals surface area contributed by atoms with Crippen LogP contribution in [0.3, 0.4) is 0 Å². The average molecular weight is 588 g/mol. The smallest absolute Gasteiger partial charge is 0.264 e. The number of ether oxygens (including phenoxy) is 2. The molecule has 0 radical (unpaired) electrons. The molecule has 9 nitrogen and oxygen atoms in total. The molecular formula is C29H31F2N3O6S. The summed E-state index contributed by atoms with van der Waals surface area (Å²) in [6.45, 7) is 3.60. The van der Waals surface area contributed by atoms with Gasteiger partial charge in [0.05, 0.1) is 10.6 Å². The Balaban J connectivity index is 1.74. The minimum atomic E-state index is -4.39. The van der Waals surface area contributed by atoms with Crippen molar-refractivity contribution in [2.45, 2.75) is 37.8 Å². The topological polar surface area (TPSA) is 105 Å². The summed E-state index contributed by atoms with van der Waals surface area (Å²) >= 11 is 0. The summed E-state index contributed by atoms with van der Waals surface area (Å²) in [5, 5.41) is 2.71. The summed E-state index contributed by atoms with van der Waals surface area (Å²) in [5.74, 6) is -1.51. The van der Waals surface area contributed by atoms with Crippen molar-refractivity contribution < 1.29 is 36.3 Å². The summed E-state index contributed by atoms with van der Waals surface area (Å²) < 4.78 is 67.2. The van der Waals surface area contributed by atoms with E-state index in [1.54, 1.807) is 13.8 Å². The molecule has 0 bridgehead atoms. The Bertz CT molecular complexity index is 1480. The van der Waals surface area contributed by atoms with Crippen LogP contribution in [0.5, 0.6) is 11.5 Å². The molecule has 4 rings (SSSR count). The van der Waals surface area contributed by atoms with Gasteiger partial charge in [0.25, 0.3) is 10.0 Å². The molecule has 1 aliphatic heterocycles. The molecule has 0 unspecified atom stereocenters. The van der Waals surface area contributed by atoms with Gasteiger partial charge in [-0.1, -0.05) is 19.1 Å². The second-order valence-corrected chi connectivity index (χ2v) is 11.1. The number of sulfonamides is 1. The number of anilines is 1. The SMILES string of the molecule is CCNC(=O)[C@H](CC)N(Cc1ccc(F)cc1)C(=O)CN(c1ccc(F)cc1)S(=O)(=O)c1ccc2c(c1)OCCO2. The van der Waals surface area contributed by atoms with Gasteiger partial charge in [0, 0.05) is 19.2 Å². The minimum absolute atomic E-state index is 0.0439. The Morgan fingerprint density at radius 3 is 2.12 bits per heavy atom. The van der Waals surface area contributed by atoms with Crippen LogP contribution in [0.25, 0.3) is 0 Å². The molecule has 3 aromatic carbocycles. The first-order valence-corrected chi connectivity index (χ1v) is 14.6. The van der Waals surface area contributed by atoms with Gasteiger partial charge in [-0.05, 0) is 67.4 Å². The van der Waals surface area contributed by atoms with Gasteiger partial charge in [-0.2, -0.15) is 0 Å². The molecule has 1 aliphatic rings. The van der Waals surface area contributed by atoms with Crippen LogP contribution < -0.4 is 19.1 Å². The molecule has 1 atom stereocenters. The molecule has 3 aromatic rings. The quantitative estimate of drug-likeness (QED) is 0.365. The minimum Gasteiger partial charge on any atom is -0.486 e. The van der Waals surface area contributed by atoms with E-state index in [4.69, 9.17) is 9.47 Å². The van der Waals surface area contributed by atoms with E-state index >= 15 is 0 Å². The molecule has 1 N–H and O–H groups in total. The fourth-order valence-corrected chi connectivity index (χ4v) is 5.88. The van der Waals surface area contributed by atoms with E-state index in [0.29, 0.717) is 24.5 Å². The predicted octanol–water partition coefficient (Wildman–Crippen LogP) is 3.87. The second kappa shape index (κ2) is 13.0. The van der Waals surface area contributed by atoms with Gasteiger partial charge in [-0.25, -0.2) is 17.2 Å². The van der Waals surface area contributed by atoms with E-state index in [9.17, 15) is 26.8 Å². The van der Waals surface area contributed by atoms with Gasteiger partial charge >= 0.3 is 0 Å². The molecule has 218 valence electrons. The molecule has 0 saturated heterocycles. The third-order valence-corrected chi connectivity index (χ3v) is 8.27. The Morgan fingerprint density at radius 2 is 1.51 bits per heavy atom. The maximum absolute atomic E-state index is 14.0. The Labute approximate surface area is 237 Å². The van der Waals surface area contributed by atoms with Crippen molar-refractivity contribution in [3.05, 3.63) is 83.9 Å². The lowest BCUT2D eigenvalue weighted by molar-refractivity contribution is -0.140. The largest absolute Gasteiger partial charge is 0.486 e. The highest BCUT2D eigenvalue weighted by Crippen LogP contribution is 2.34. The van der Waals surface area contributed by atoms with Gasteiger partial charge in [0.15, 0.2) is 11.5 Å². The Hall–Kier alpha value is -4.19. The maximum atomic E-state index is 14.0. The Morgan fingerprint density at radius 1 is 0.902 bits per heavy atom. The van der Waals surface area contributed by atoms with Crippen molar-refractivity contribution in [2.75, 3.05) is 30.6 Å². The van der Waals surface area contributed by atoms with Gasteiger partial charge in [-0.3, -0.25) is 13.9 Å². The number of benzene rings is 3. The Kier molecular flexibility index (Phi) is 9.43. The zero-order chi connectivity index (χ0) is 29.6. The van der Waals surface area contributed by atoms with E-state index in [1.807, 2.05) is 0 Å². The molecule has 0 aromatic heterocycles. The summed E-state index contributed by atoms with van der Waals surface area (Å²) in [6, 6.07) is 13.3. The maximum Gasteiger partial charge on any atom is 0.264 e. The molecule has 12 heteroatoms. The van der Waals surface area contributed by atoms with Crippen LogP contribution in [0.1, 0.15) is 25.8 Å². The highest BCUT2D eigenvalue weighted by molar-refractivity contribution is 7.92. The van der Waals surface area contributed by atoms with Crippen LogP contribution in [0.4, 0.5) is 14.5 Å². The molecule has 0 fully saturated rings. The van der Waals surface area contributed by atoms with E-state index in [2.05, 4.69) is 5.32 Å². The van der Waals surface area contributed by atoms with Crippen LogP contribution >= 0.6 is 0 Å². The monoisotopic (exact) mass is 587 g/mol. The molecule has 41 heavy (non-hydrogen) atoms. The van der Waals surface area contributed by atoms with Crippen molar-refractivity contribution in [3.63, 3.8) is 0 Å². The van der Waals surface area contributed by atoms with Gasteiger partial charge in [-0.15, -0.1) is 0 Å². The number of nitrogens with zero attached hydrogens (tertiary/aromatic N) is 2. The summed E-state index contributed by atoms with van der Waals surface area (Å²) in [7, 11) is -4.39. The van der Waals surface area contributed by atoms with Crippen LogP contribution in [0.2, 0.25) is 0 Å². The summed E-state index contributed by atoms with van der Waals surface area (Å²) in [6.07, 6.45) is 0.240. The number of fused-ring (bicyclic) bond motifs is 1. The third-order valence-electron chi connectivity index (χ3n) is 6.50. The number of halogens is 2. The zero-order valence-corrected chi connectivity index (χ0v) is 23.5. The summed E-state index contributed by atoms with van der Waals surface area (Å²) in [4.78, 5) is 28.0. The standard InChI is InChI=1S/C29H31F2N3O6S/c1-3-25(29(36)32-4-2)33(18-20-5-7-21(30)8-6-20)28(35)19-34(23-11-9-22(31)10-12-23)41(37,38)24-13-14-26-27(17-24)40-16-15-39-26/h5-14,17,25H,3-4,15-16,18-19H2,1-2H3,(H,32,36)/t25-/m0/s1. The van der Waals surface area contributed by atoms with Crippen molar-refractivity contribution in [3.8, 4) is 11.5 Å². The molecular weight excluding hydrogens is 556 g/mol. The first kappa shape index (κ1) is 29.8. The van der Waals surface area contributed by atoms with Crippen molar-refractivity contribution in [1.29, 1.82) is 0 Å². The third kappa shape index (κ3) is 6.94. The highest BCUT2D eigenvalue weighted by atomic mass is 32.2. The highest BCUT2D eigenvalue weighted by Gasteiger charge is 2.34. The average Bonchev–Trinajstić information content (AvgIpc) is 2.97. The lowest BCUT2D eigenvalue weighted by Gasteiger charge is -2.33. The normalized spacial score (nSPS) is 13.3. The number of nitrogens with one attached hydrogen (secondary N) is 1. The van der Waals surface area contributed by atoms with E-state index < -0.39 is 46.1 Å². The second-order valence-electron chi connectivity index (χ2n) is 9.26. The van der Waals surface area contributed by atoms with E-state index in [0.717, 1.165) is 16.4 Å². The molecule has 0 spiro atoms. The van der Waals surface area contributed by atoms with E-state index in [-0.39, 0.29) is 35.9 Å². The molecule has 1 heterocycles. The van der Waals surface area contributed by atoms with Gasteiger partial charge in [0.2, 0.25) is 11.8 Å². The van der Waals surface area contributed by atoms with Crippen LogP contribution in [0.15, 0.2) is 71.6 Å².